The van der Waals surface area contributed by atoms with E-state index in [1.165, 1.54) is 61.9 Å². The average molecular weight is 1490 g/mol. The molecule has 0 saturated carbocycles. The summed E-state index contributed by atoms with van der Waals surface area (Å²) in [6.07, 6.45) is 10.7. The summed E-state index contributed by atoms with van der Waals surface area (Å²) >= 11 is 3.68. The second-order valence-electron chi connectivity index (χ2n) is 29.7. The summed E-state index contributed by atoms with van der Waals surface area (Å²) in [4.78, 5) is 17.6. The Bertz CT molecular complexity index is 7660. The van der Waals surface area contributed by atoms with Gasteiger partial charge in [-0.05, 0) is 222 Å². The Morgan fingerprint density at radius 3 is 0.921 bits per heavy atom. The molecule has 0 bridgehead atoms. The number of hydrogen-bond donors (Lipinski definition) is 0. The van der Waals surface area contributed by atoms with Crippen LogP contribution in [0.25, 0.3) is 239 Å². The first kappa shape index (κ1) is 64.2. The Kier molecular flexibility index (Phi) is 14.3. The first-order valence-corrected chi connectivity index (χ1v) is 39.9. The van der Waals surface area contributed by atoms with Gasteiger partial charge in [-0.25, -0.2) is 19.9 Å². The molecule has 16 aromatic carbocycles. The largest absolute Gasteiger partial charge is 0.455 e. The van der Waals surface area contributed by atoms with Crippen LogP contribution in [0.2, 0.25) is 0 Å². The molecule has 8 aromatic heterocycles. The summed E-state index contributed by atoms with van der Waals surface area (Å²) in [6, 6.07) is 121. The molecular formula is C104H60N6O2S2. The Labute approximate surface area is 660 Å². The molecule has 530 valence electrons. The molecule has 0 radical (unpaired) electrons. The van der Waals surface area contributed by atoms with E-state index in [2.05, 4.69) is 357 Å². The Morgan fingerprint density at radius 2 is 0.509 bits per heavy atom. The van der Waals surface area contributed by atoms with E-state index in [1.54, 1.807) is 12.7 Å². The molecule has 0 unspecified atom stereocenters. The number of fused-ring (bicyclic) bond motifs is 18. The molecule has 0 aliphatic heterocycles. The Balaban J connectivity index is 0.675. The molecule has 8 nitrogen and oxygen atoms in total. The fourth-order valence-electron chi connectivity index (χ4n) is 18.0. The minimum absolute atomic E-state index is 0.807. The van der Waals surface area contributed by atoms with E-state index >= 15 is 0 Å². The number of para-hydroxylation sites is 2. The number of benzene rings is 16. The molecule has 24 rings (SSSR count). The molecule has 8 heterocycles. The van der Waals surface area contributed by atoms with E-state index < -0.39 is 0 Å². The van der Waals surface area contributed by atoms with E-state index in [9.17, 15) is 0 Å². The van der Waals surface area contributed by atoms with Gasteiger partial charge in [0.15, 0.2) is 0 Å². The number of furan rings is 2. The van der Waals surface area contributed by atoms with Crippen LogP contribution in [0, 0.1) is 0 Å². The van der Waals surface area contributed by atoms with Crippen molar-refractivity contribution >= 4 is 151 Å². The van der Waals surface area contributed by atoms with E-state index in [1.807, 2.05) is 47.5 Å². The minimum atomic E-state index is 0.807. The summed E-state index contributed by atoms with van der Waals surface area (Å²) in [5, 5.41) is 13.9. The van der Waals surface area contributed by atoms with Crippen LogP contribution in [0.4, 0.5) is 0 Å². The molecule has 0 amide bonds. The van der Waals surface area contributed by atoms with Crippen LogP contribution in [0.1, 0.15) is 0 Å². The van der Waals surface area contributed by atoms with Gasteiger partial charge in [-0.3, -0.25) is 0 Å². The van der Waals surface area contributed by atoms with E-state index in [4.69, 9.17) is 8.83 Å². The number of rotatable bonds is 11. The summed E-state index contributed by atoms with van der Waals surface area (Å²) in [5.74, 6) is 0. The third kappa shape index (κ3) is 10.2. The lowest BCUT2D eigenvalue weighted by Crippen LogP contribution is -1.95. The smallest absolute Gasteiger partial charge is 0.143 e. The van der Waals surface area contributed by atoms with Crippen LogP contribution in [0.5, 0.6) is 0 Å². The molecule has 0 saturated heterocycles. The molecule has 0 aliphatic carbocycles. The molecule has 0 atom stereocenters. The first-order chi connectivity index (χ1) is 56.5. The van der Waals surface area contributed by atoms with Crippen LogP contribution in [-0.2, 0) is 0 Å². The summed E-state index contributed by atoms with van der Waals surface area (Å²) in [5.41, 5.74) is 29.2. The molecule has 0 spiro atoms. The molecule has 114 heavy (non-hydrogen) atoms. The predicted octanol–water partition coefficient (Wildman–Crippen LogP) is 29.0. The number of nitrogens with zero attached hydrogens (tertiary/aromatic N) is 6. The van der Waals surface area contributed by atoms with Crippen LogP contribution in [0.3, 0.4) is 0 Å². The van der Waals surface area contributed by atoms with Gasteiger partial charge < -0.3 is 18.0 Å². The molecule has 0 N–H and O–H groups in total. The van der Waals surface area contributed by atoms with Crippen molar-refractivity contribution in [1.82, 2.24) is 29.1 Å². The summed E-state index contributed by atoms with van der Waals surface area (Å²) in [6.45, 7) is 0. The Hall–Kier alpha value is -14.7. The number of hydrogen-bond acceptors (Lipinski definition) is 8. The maximum Gasteiger partial charge on any atom is 0.143 e. The zero-order valence-corrected chi connectivity index (χ0v) is 62.6. The van der Waals surface area contributed by atoms with Crippen LogP contribution >= 0.6 is 22.7 Å². The third-order valence-electron chi connectivity index (χ3n) is 23.3. The van der Waals surface area contributed by atoms with Crippen molar-refractivity contribution < 1.29 is 8.83 Å². The van der Waals surface area contributed by atoms with E-state index in [0.29, 0.717) is 0 Å². The molecule has 10 heteroatoms. The number of thiophene rings is 2. The van der Waals surface area contributed by atoms with Gasteiger partial charge in [0.25, 0.3) is 0 Å². The van der Waals surface area contributed by atoms with Gasteiger partial charge in [0, 0.05) is 94.6 Å². The molecule has 24 aromatic rings. The average Bonchev–Trinajstić information content (AvgIpc) is 1.66. The first-order valence-electron chi connectivity index (χ1n) is 38.3. The van der Waals surface area contributed by atoms with Crippen molar-refractivity contribution in [2.45, 2.75) is 0 Å². The van der Waals surface area contributed by atoms with Crippen molar-refractivity contribution in [3.05, 3.63) is 365 Å². The van der Waals surface area contributed by atoms with Gasteiger partial charge in [0.2, 0.25) is 0 Å². The highest BCUT2D eigenvalue weighted by atomic mass is 32.1. The maximum atomic E-state index is 7.45. The van der Waals surface area contributed by atoms with Crippen LogP contribution in [0.15, 0.2) is 374 Å². The van der Waals surface area contributed by atoms with Gasteiger partial charge in [-0.2, -0.15) is 0 Å². The lowest BCUT2D eigenvalue weighted by molar-refractivity contribution is 0.669. The maximum absolute atomic E-state index is 7.45. The van der Waals surface area contributed by atoms with Crippen molar-refractivity contribution in [3.63, 3.8) is 0 Å². The Morgan fingerprint density at radius 1 is 0.211 bits per heavy atom. The van der Waals surface area contributed by atoms with Crippen LogP contribution in [-0.4, -0.2) is 29.1 Å². The fourth-order valence-corrected chi connectivity index (χ4v) is 20.2. The van der Waals surface area contributed by atoms with Crippen molar-refractivity contribution in [2.75, 3.05) is 0 Å². The molecular weight excluding hydrogens is 1430 g/mol. The highest BCUT2D eigenvalue weighted by Gasteiger charge is 2.26. The van der Waals surface area contributed by atoms with Crippen molar-refractivity contribution in [2.24, 2.45) is 0 Å². The van der Waals surface area contributed by atoms with Crippen molar-refractivity contribution in [3.8, 4) is 112 Å². The zero-order chi connectivity index (χ0) is 74.6. The zero-order valence-electron chi connectivity index (χ0n) is 61.0. The second kappa shape index (κ2) is 25.4. The normalized spacial score (nSPS) is 12.0. The van der Waals surface area contributed by atoms with Crippen LogP contribution < -0.4 is 0 Å². The monoisotopic (exact) mass is 1490 g/mol. The number of aromatic nitrogens is 6. The highest BCUT2D eigenvalue weighted by molar-refractivity contribution is 7.26. The second-order valence-corrected chi connectivity index (χ2v) is 31.8. The van der Waals surface area contributed by atoms with Gasteiger partial charge in [0.1, 0.15) is 35.0 Å². The summed E-state index contributed by atoms with van der Waals surface area (Å²) < 4.78 is 24.5. The van der Waals surface area contributed by atoms with Crippen molar-refractivity contribution in [1.29, 1.82) is 0 Å². The quantitative estimate of drug-likeness (QED) is 0.128. The standard InChI is InChI=1S/C104H60N6O2S2/c1-5-25-91-79(21-1)85-49-67(29-39-93(85)109(91)75-55-105-59-106-56-75)63-15-9-13-61(45-63)65-17-11-19-73(47-65)77-35-37-83(101-89-53-69(31-41-95(89)111-103(77)101)71-33-43-99-87(51-71)81-23-3-7-27-97(81)113-99)84-38-36-78(104-102(84)90-54-70(32-42-96(90)112-104)72-34-44-100-88(52-72)82-24-4-8-28-98(82)114-100)74-20-12-18-66(48-74)62-14-10-16-64(46-62)68-30-40-94-86(50-68)80-22-2-6-26-92(80)110(94)76-57-107-60-108-58-76/h1-60H. The van der Waals surface area contributed by atoms with E-state index in [-0.39, 0.29) is 0 Å². The third-order valence-corrected chi connectivity index (χ3v) is 25.6. The van der Waals surface area contributed by atoms with E-state index in [0.717, 1.165) is 177 Å². The lowest BCUT2D eigenvalue weighted by Gasteiger charge is -2.13. The lowest BCUT2D eigenvalue weighted by atomic mass is 9.89. The summed E-state index contributed by atoms with van der Waals surface area (Å²) in [7, 11) is 0. The highest BCUT2D eigenvalue weighted by Crippen LogP contribution is 2.51. The van der Waals surface area contributed by atoms with Gasteiger partial charge >= 0.3 is 0 Å². The fraction of sp³-hybridized carbons (Fsp3) is 0. The van der Waals surface area contributed by atoms with Gasteiger partial charge in [-0.15, -0.1) is 22.7 Å². The van der Waals surface area contributed by atoms with Gasteiger partial charge in [-0.1, -0.05) is 194 Å². The molecule has 0 aliphatic rings. The minimum Gasteiger partial charge on any atom is -0.455 e. The predicted molar refractivity (Wildman–Crippen MR) is 476 cm³/mol. The topological polar surface area (TPSA) is 87.7 Å². The molecule has 0 fully saturated rings. The van der Waals surface area contributed by atoms with Gasteiger partial charge in [0.05, 0.1) is 58.2 Å². The SMILES string of the molecule is c1cc(-c2cccc(-c3ccc(-c4ccc(-c5cccc(-c6cccc(-c7ccc8c(c7)c7ccccc7n8-c7cncnc7)c6)c5)c5oc6ccc(-c7ccc8sc9ccccc9c8c7)cc6c45)c4c3oc3ccc(-c5ccc6sc7ccccc7c6c5)cc34)c2)cc(-c2ccc3c(c2)c2ccccc2n3-c2cncnc2)c1.